The average molecular weight is 117 g/mol. The first kappa shape index (κ1) is 11.1. The van der Waals surface area contributed by atoms with Crippen LogP contribution in [0.15, 0.2) is 30.6 Å². The Bertz CT molecular complexity index is 84.4. The zero-order valence-corrected chi connectivity index (χ0v) is 3.33. The van der Waals surface area contributed by atoms with Gasteiger partial charge in [-0.3, -0.25) is 4.98 Å². The fourth-order valence-corrected chi connectivity index (χ4v) is 0.313. The van der Waals surface area contributed by atoms with Crippen molar-refractivity contribution >= 4 is 36.2 Å². The Kier molecular flexibility index (Phi) is 10.1. The fourth-order valence-electron chi connectivity index (χ4n) is 0.313. The van der Waals surface area contributed by atoms with E-state index in [1.54, 1.807) is 12.4 Å². The minimum absolute atomic E-state index is 0. The van der Waals surface area contributed by atoms with E-state index in [4.69, 9.17) is 0 Å². The molecule has 1 aromatic rings. The molecule has 0 N–H and O–H groups in total. The average Bonchev–Trinajstić information content (AvgIpc) is 1.72. The van der Waals surface area contributed by atoms with Gasteiger partial charge in [-0.15, -0.1) is 0 Å². The molecule has 0 spiro atoms. The van der Waals surface area contributed by atoms with Gasteiger partial charge in [0.25, 0.3) is 0 Å². The Hall–Kier alpha value is 0.280. The van der Waals surface area contributed by atoms with E-state index in [2.05, 4.69) is 4.98 Å². The van der Waals surface area contributed by atoms with Crippen LogP contribution in [0.2, 0.25) is 0 Å². The summed E-state index contributed by atoms with van der Waals surface area (Å²) in [4.78, 5) is 3.78. The third-order valence-corrected chi connectivity index (χ3v) is 0.566. The first-order valence-corrected chi connectivity index (χ1v) is 1.85. The molecule has 1 heterocycles. The molecule has 0 aromatic carbocycles. The number of aromatic nitrogens is 1. The number of rotatable bonds is 0. The molecule has 3 heteroatoms. The van der Waals surface area contributed by atoms with Crippen molar-refractivity contribution in [2.75, 3.05) is 0 Å². The third-order valence-electron chi connectivity index (χ3n) is 0.566. The van der Waals surface area contributed by atoms with E-state index in [0.29, 0.717) is 0 Å². The summed E-state index contributed by atoms with van der Waals surface area (Å²) in [5, 5.41) is 0. The van der Waals surface area contributed by atoms with Gasteiger partial charge in [-0.1, -0.05) is 6.07 Å². The van der Waals surface area contributed by atoms with E-state index in [0.717, 1.165) is 0 Å². The van der Waals surface area contributed by atoms with E-state index >= 15 is 0 Å². The summed E-state index contributed by atoms with van der Waals surface area (Å²) in [7, 11) is 0. The van der Waals surface area contributed by atoms with Crippen LogP contribution in [0, 0.1) is 0 Å². The van der Waals surface area contributed by atoms with Crippen molar-refractivity contribution in [3.05, 3.63) is 30.6 Å². The molecule has 0 aliphatic heterocycles. The minimum atomic E-state index is 0. The summed E-state index contributed by atoms with van der Waals surface area (Å²) in [6.45, 7) is 0. The largest absolute Gasteiger partial charge is 0.265 e. The first-order chi connectivity index (χ1) is 3.00. The van der Waals surface area contributed by atoms with E-state index in [9.17, 15) is 0 Å². The van der Waals surface area contributed by atoms with Gasteiger partial charge in [0.2, 0.25) is 0 Å². The second-order valence-corrected chi connectivity index (χ2v) is 1.02. The smallest absolute Gasteiger partial charge is 0.0267 e. The Labute approximate surface area is 71.8 Å². The van der Waals surface area contributed by atoms with Gasteiger partial charge in [-0.05, 0) is 12.1 Å². The van der Waals surface area contributed by atoms with Crippen LogP contribution in [-0.2, 0) is 0 Å². The van der Waals surface area contributed by atoms with Crippen LogP contribution in [0.1, 0.15) is 0 Å². The molecule has 0 radical (unpaired) electrons. The van der Waals surface area contributed by atoms with Gasteiger partial charge in [-0.25, -0.2) is 0 Å². The molecular formula is C5H9AlLiN. The van der Waals surface area contributed by atoms with Crippen LogP contribution in [0.25, 0.3) is 0 Å². The molecule has 0 saturated carbocycles. The third kappa shape index (κ3) is 4.44. The molecule has 0 saturated heterocycles. The molecule has 0 bridgehead atoms. The van der Waals surface area contributed by atoms with Crippen molar-refractivity contribution in [2.45, 2.75) is 0 Å². The molecule has 1 aromatic heterocycles. The molecule has 0 fully saturated rings. The van der Waals surface area contributed by atoms with Gasteiger partial charge >= 0.3 is 18.9 Å². The van der Waals surface area contributed by atoms with Crippen LogP contribution in [-0.4, -0.2) is 41.2 Å². The van der Waals surface area contributed by atoms with Crippen molar-refractivity contribution in [2.24, 2.45) is 0 Å². The Morgan fingerprint density at radius 3 is 1.50 bits per heavy atom. The Morgan fingerprint density at radius 2 is 1.38 bits per heavy atom. The molecule has 8 heavy (non-hydrogen) atoms. The van der Waals surface area contributed by atoms with Gasteiger partial charge in [0.15, 0.2) is 17.4 Å². The minimum Gasteiger partial charge on any atom is -0.265 e. The standard InChI is InChI=1S/C5H5N.Al.Li.4H/c1-2-4-6-5-3-1;;;;;;/h1-5H;;;;;;. The molecule has 38 valence electrons. The maximum atomic E-state index is 3.78. The normalized spacial score (nSPS) is 6.00. The van der Waals surface area contributed by atoms with E-state index in [1.807, 2.05) is 18.2 Å². The number of hydrogen-bond acceptors (Lipinski definition) is 1. The van der Waals surface area contributed by atoms with Crippen LogP contribution in [0.4, 0.5) is 0 Å². The second kappa shape index (κ2) is 7.28. The Morgan fingerprint density at radius 1 is 0.875 bits per heavy atom. The Balaban J connectivity index is 0. The summed E-state index contributed by atoms with van der Waals surface area (Å²) in [6.07, 6.45) is 3.50. The molecular weight excluding hydrogens is 108 g/mol. The number of pyridine rings is 1. The van der Waals surface area contributed by atoms with E-state index in [1.165, 1.54) is 0 Å². The summed E-state index contributed by atoms with van der Waals surface area (Å²) < 4.78 is 0. The van der Waals surface area contributed by atoms with Crippen LogP contribution in [0.5, 0.6) is 0 Å². The summed E-state index contributed by atoms with van der Waals surface area (Å²) in [5.41, 5.74) is 0. The van der Waals surface area contributed by atoms with Crippen molar-refractivity contribution in [3.8, 4) is 0 Å². The molecule has 0 unspecified atom stereocenters. The van der Waals surface area contributed by atoms with E-state index < -0.39 is 0 Å². The molecule has 1 nitrogen and oxygen atoms in total. The van der Waals surface area contributed by atoms with Crippen LogP contribution >= 0.6 is 0 Å². The first-order valence-electron chi connectivity index (χ1n) is 1.85. The molecule has 0 aliphatic rings. The monoisotopic (exact) mass is 117 g/mol. The topological polar surface area (TPSA) is 12.9 Å². The fraction of sp³-hybridized carbons (Fsp3) is 0. The molecule has 0 aliphatic carbocycles. The van der Waals surface area contributed by atoms with Crippen molar-refractivity contribution in [1.82, 2.24) is 4.98 Å². The van der Waals surface area contributed by atoms with Gasteiger partial charge in [-0.2, -0.15) is 0 Å². The maximum Gasteiger partial charge on any atom is 0.0267 e. The predicted octanol–water partition coefficient (Wildman–Crippen LogP) is -0.751. The van der Waals surface area contributed by atoms with Gasteiger partial charge in [0.1, 0.15) is 0 Å². The summed E-state index contributed by atoms with van der Waals surface area (Å²) in [5.74, 6) is 0. The zero-order valence-electron chi connectivity index (χ0n) is 3.33. The van der Waals surface area contributed by atoms with Crippen molar-refractivity contribution in [1.29, 1.82) is 0 Å². The molecule has 0 amide bonds. The van der Waals surface area contributed by atoms with Gasteiger partial charge in [0, 0.05) is 12.4 Å². The quantitative estimate of drug-likeness (QED) is 0.407. The van der Waals surface area contributed by atoms with Gasteiger partial charge in [0.05, 0.1) is 0 Å². The summed E-state index contributed by atoms with van der Waals surface area (Å²) in [6, 6.07) is 5.72. The van der Waals surface area contributed by atoms with Gasteiger partial charge < -0.3 is 0 Å². The number of nitrogens with zero attached hydrogens (tertiary/aromatic N) is 1. The maximum absolute atomic E-state index is 3.78. The second-order valence-electron chi connectivity index (χ2n) is 1.02. The van der Waals surface area contributed by atoms with Crippen LogP contribution in [0.3, 0.4) is 0 Å². The predicted molar refractivity (Wildman–Crippen MR) is 41.3 cm³/mol. The number of hydrogen-bond donors (Lipinski definition) is 0. The van der Waals surface area contributed by atoms with E-state index in [-0.39, 0.29) is 36.2 Å². The van der Waals surface area contributed by atoms with Crippen molar-refractivity contribution < 1.29 is 0 Å². The SMILES string of the molecule is [AlH3].[LiH].c1ccncc1. The van der Waals surface area contributed by atoms with Crippen molar-refractivity contribution in [3.63, 3.8) is 0 Å². The summed E-state index contributed by atoms with van der Waals surface area (Å²) >= 11 is 0. The molecule has 0 atom stereocenters. The molecule has 1 rings (SSSR count). The zero-order chi connectivity index (χ0) is 4.24. The van der Waals surface area contributed by atoms with Crippen LogP contribution < -0.4 is 0 Å².